The highest BCUT2D eigenvalue weighted by molar-refractivity contribution is 5.60. The molecule has 1 fully saturated rings. The minimum absolute atomic E-state index is 0.482. The first-order chi connectivity index (χ1) is 9.43. The van der Waals surface area contributed by atoms with Crippen LogP contribution in [0.25, 0.3) is 11.3 Å². The molecule has 19 heavy (non-hydrogen) atoms. The van der Waals surface area contributed by atoms with Gasteiger partial charge in [0, 0.05) is 30.5 Å². The monoisotopic (exact) mass is 255 g/mol. The lowest BCUT2D eigenvalue weighted by Crippen LogP contribution is -2.45. The van der Waals surface area contributed by atoms with E-state index in [9.17, 15) is 0 Å². The van der Waals surface area contributed by atoms with Crippen LogP contribution in [0.15, 0.2) is 24.5 Å². The molecule has 4 rings (SSSR count). The fourth-order valence-electron chi connectivity index (χ4n) is 3.34. The van der Waals surface area contributed by atoms with Crippen LogP contribution in [0.1, 0.15) is 37.4 Å². The van der Waals surface area contributed by atoms with Crippen molar-refractivity contribution in [1.82, 2.24) is 25.3 Å². The number of rotatable bonds is 1. The third-order valence-corrected chi connectivity index (χ3v) is 4.30. The van der Waals surface area contributed by atoms with Crippen LogP contribution in [0, 0.1) is 0 Å². The molecule has 2 aromatic heterocycles. The Bertz CT molecular complexity index is 577. The summed E-state index contributed by atoms with van der Waals surface area (Å²) < 4.78 is 2.16. The van der Waals surface area contributed by atoms with Crippen LogP contribution in [0.2, 0.25) is 0 Å². The number of pyridine rings is 1. The topological polar surface area (TPSA) is 55.6 Å². The number of hydrogen-bond acceptors (Lipinski definition) is 4. The van der Waals surface area contributed by atoms with E-state index in [4.69, 9.17) is 0 Å². The quantitative estimate of drug-likeness (QED) is 0.846. The third kappa shape index (κ3) is 1.76. The summed E-state index contributed by atoms with van der Waals surface area (Å²) in [5, 5.41) is 12.5. The molecule has 2 aliphatic rings. The standard InChI is InChI=1S/C14H17N5/c1-2-6-12-11(5-1)16-9-13-14(17-18-19(12)13)10-4-3-7-15-8-10/h3-4,7-8,11-12,16H,1-2,5-6,9H2/t11-,12-/m0/s1. The Kier molecular flexibility index (Phi) is 2.58. The van der Waals surface area contributed by atoms with Gasteiger partial charge in [0.05, 0.1) is 11.7 Å². The average molecular weight is 255 g/mol. The molecule has 0 aromatic carbocycles. The zero-order valence-corrected chi connectivity index (χ0v) is 10.8. The molecular formula is C14H17N5. The Labute approximate surface area is 112 Å². The maximum Gasteiger partial charge on any atom is 0.119 e. The molecule has 1 N–H and O–H groups in total. The van der Waals surface area contributed by atoms with Gasteiger partial charge in [-0.2, -0.15) is 0 Å². The van der Waals surface area contributed by atoms with Gasteiger partial charge in [-0.1, -0.05) is 18.1 Å². The molecule has 1 aliphatic carbocycles. The first-order valence-electron chi connectivity index (χ1n) is 7.01. The number of fused-ring (bicyclic) bond motifs is 3. The van der Waals surface area contributed by atoms with Crippen LogP contribution < -0.4 is 5.32 Å². The molecule has 2 atom stereocenters. The van der Waals surface area contributed by atoms with E-state index in [1.54, 1.807) is 6.20 Å². The largest absolute Gasteiger partial charge is 0.306 e. The fourth-order valence-corrected chi connectivity index (χ4v) is 3.34. The van der Waals surface area contributed by atoms with E-state index in [1.807, 2.05) is 18.3 Å². The normalized spacial score (nSPS) is 25.7. The molecule has 0 radical (unpaired) electrons. The molecule has 0 bridgehead atoms. The van der Waals surface area contributed by atoms with Crippen molar-refractivity contribution in [3.05, 3.63) is 30.2 Å². The predicted octanol–water partition coefficient (Wildman–Crippen LogP) is 1.93. The van der Waals surface area contributed by atoms with Gasteiger partial charge < -0.3 is 5.32 Å². The van der Waals surface area contributed by atoms with Crippen molar-refractivity contribution >= 4 is 0 Å². The molecular weight excluding hydrogens is 238 g/mol. The van der Waals surface area contributed by atoms with Crippen LogP contribution in [-0.4, -0.2) is 26.0 Å². The van der Waals surface area contributed by atoms with E-state index in [0.29, 0.717) is 12.1 Å². The second kappa shape index (κ2) is 4.42. The van der Waals surface area contributed by atoms with Gasteiger partial charge >= 0.3 is 0 Å². The van der Waals surface area contributed by atoms with Crippen molar-refractivity contribution in [3.8, 4) is 11.3 Å². The number of nitrogens with zero attached hydrogens (tertiary/aromatic N) is 4. The summed E-state index contributed by atoms with van der Waals surface area (Å²) in [5.41, 5.74) is 3.24. The van der Waals surface area contributed by atoms with Gasteiger partial charge in [0.15, 0.2) is 0 Å². The second-order valence-electron chi connectivity index (χ2n) is 5.41. The van der Waals surface area contributed by atoms with Crippen LogP contribution in [0.5, 0.6) is 0 Å². The van der Waals surface area contributed by atoms with E-state index in [1.165, 1.54) is 31.4 Å². The molecule has 5 nitrogen and oxygen atoms in total. The van der Waals surface area contributed by atoms with E-state index >= 15 is 0 Å². The molecule has 98 valence electrons. The lowest BCUT2D eigenvalue weighted by Gasteiger charge is -2.36. The minimum atomic E-state index is 0.482. The number of hydrogen-bond donors (Lipinski definition) is 1. The van der Waals surface area contributed by atoms with Crippen LogP contribution in [0.4, 0.5) is 0 Å². The summed E-state index contributed by atoms with van der Waals surface area (Å²) in [6.07, 6.45) is 8.73. The Morgan fingerprint density at radius 1 is 1.26 bits per heavy atom. The molecule has 5 heteroatoms. The summed E-state index contributed by atoms with van der Waals surface area (Å²) in [6, 6.07) is 5.05. The average Bonchev–Trinajstić information content (AvgIpc) is 2.92. The molecule has 3 heterocycles. The van der Waals surface area contributed by atoms with Crippen molar-refractivity contribution in [2.75, 3.05) is 0 Å². The van der Waals surface area contributed by atoms with Crippen molar-refractivity contribution in [3.63, 3.8) is 0 Å². The molecule has 0 amide bonds. The zero-order chi connectivity index (χ0) is 12.7. The zero-order valence-electron chi connectivity index (χ0n) is 10.8. The van der Waals surface area contributed by atoms with Gasteiger partial charge in [0.1, 0.15) is 5.69 Å². The van der Waals surface area contributed by atoms with E-state index in [0.717, 1.165) is 17.8 Å². The second-order valence-corrected chi connectivity index (χ2v) is 5.41. The summed E-state index contributed by atoms with van der Waals surface area (Å²) >= 11 is 0. The Morgan fingerprint density at radius 2 is 2.21 bits per heavy atom. The predicted molar refractivity (Wildman–Crippen MR) is 71.4 cm³/mol. The number of aromatic nitrogens is 4. The van der Waals surface area contributed by atoms with Crippen LogP contribution in [0.3, 0.4) is 0 Å². The van der Waals surface area contributed by atoms with Crippen molar-refractivity contribution in [2.24, 2.45) is 0 Å². The smallest absolute Gasteiger partial charge is 0.119 e. The lowest BCUT2D eigenvalue weighted by molar-refractivity contribution is 0.211. The molecule has 1 saturated carbocycles. The van der Waals surface area contributed by atoms with Gasteiger partial charge in [0.25, 0.3) is 0 Å². The van der Waals surface area contributed by atoms with Crippen molar-refractivity contribution < 1.29 is 0 Å². The van der Waals surface area contributed by atoms with E-state index in [2.05, 4.69) is 25.3 Å². The van der Waals surface area contributed by atoms with Gasteiger partial charge in [-0.15, -0.1) is 5.10 Å². The Hall–Kier alpha value is -1.75. The molecule has 0 spiro atoms. The molecule has 1 aliphatic heterocycles. The van der Waals surface area contributed by atoms with Crippen LogP contribution >= 0.6 is 0 Å². The summed E-state index contributed by atoms with van der Waals surface area (Å²) in [5.74, 6) is 0. The third-order valence-electron chi connectivity index (χ3n) is 4.30. The van der Waals surface area contributed by atoms with Crippen LogP contribution in [-0.2, 0) is 6.54 Å². The highest BCUT2D eigenvalue weighted by Gasteiger charge is 2.33. The summed E-state index contributed by atoms with van der Waals surface area (Å²) in [7, 11) is 0. The maximum atomic E-state index is 4.42. The number of nitrogens with one attached hydrogen (secondary N) is 1. The first-order valence-corrected chi connectivity index (χ1v) is 7.01. The highest BCUT2D eigenvalue weighted by atomic mass is 15.5. The SMILES string of the molecule is c1cncc(-c2nnn3c2CN[C@H]2CCCC[C@@H]23)c1. The maximum absolute atomic E-state index is 4.42. The Morgan fingerprint density at radius 3 is 3.11 bits per heavy atom. The van der Waals surface area contributed by atoms with Gasteiger partial charge in [-0.25, -0.2) is 4.68 Å². The molecule has 0 unspecified atom stereocenters. The fraction of sp³-hybridized carbons (Fsp3) is 0.500. The van der Waals surface area contributed by atoms with Gasteiger partial charge in [-0.05, 0) is 25.0 Å². The first kappa shape index (κ1) is 11.1. The van der Waals surface area contributed by atoms with Crippen molar-refractivity contribution in [1.29, 1.82) is 0 Å². The van der Waals surface area contributed by atoms with Crippen molar-refractivity contribution in [2.45, 2.75) is 44.3 Å². The summed E-state index contributed by atoms with van der Waals surface area (Å²) in [4.78, 5) is 4.17. The Balaban J connectivity index is 1.76. The van der Waals surface area contributed by atoms with Gasteiger partial charge in [0.2, 0.25) is 0 Å². The van der Waals surface area contributed by atoms with E-state index < -0.39 is 0 Å². The minimum Gasteiger partial charge on any atom is -0.306 e. The van der Waals surface area contributed by atoms with Gasteiger partial charge in [-0.3, -0.25) is 4.98 Å². The molecule has 0 saturated heterocycles. The van der Waals surface area contributed by atoms with E-state index in [-0.39, 0.29) is 0 Å². The summed E-state index contributed by atoms with van der Waals surface area (Å²) in [6.45, 7) is 0.860. The lowest BCUT2D eigenvalue weighted by atomic mass is 9.88. The highest BCUT2D eigenvalue weighted by Crippen LogP contribution is 2.34. The molecule has 2 aromatic rings.